The number of nitrogens with one attached hydrogen (secondary N) is 1. The minimum Gasteiger partial charge on any atom is -0.484 e. The molecule has 144 valence electrons. The van der Waals surface area contributed by atoms with Gasteiger partial charge in [-0.25, -0.2) is 5.43 Å². The quantitative estimate of drug-likeness (QED) is 0.432. The first-order valence-corrected chi connectivity index (χ1v) is 9.25. The summed E-state index contributed by atoms with van der Waals surface area (Å²) < 4.78 is 11.1. The van der Waals surface area contributed by atoms with E-state index in [1.54, 1.807) is 30.3 Å². The van der Waals surface area contributed by atoms with Gasteiger partial charge >= 0.3 is 0 Å². The summed E-state index contributed by atoms with van der Waals surface area (Å²) in [6, 6.07) is 14.2. The fraction of sp³-hybridized carbons (Fsp3) is 0.143. The molecule has 0 aliphatic rings. The summed E-state index contributed by atoms with van der Waals surface area (Å²) in [5.41, 5.74) is 5.34. The van der Waals surface area contributed by atoms with Crippen LogP contribution in [0.3, 0.4) is 0 Å². The molecule has 1 amide bonds. The number of hydrogen-bond donors (Lipinski definition) is 1. The Labute approximate surface area is 172 Å². The van der Waals surface area contributed by atoms with Gasteiger partial charge in [0.25, 0.3) is 5.91 Å². The third-order valence-electron chi connectivity index (χ3n) is 4.05. The van der Waals surface area contributed by atoms with Gasteiger partial charge in [-0.2, -0.15) is 5.10 Å². The molecule has 0 atom stereocenters. The Morgan fingerprint density at radius 3 is 2.71 bits per heavy atom. The number of amides is 1. The largest absolute Gasteiger partial charge is 0.484 e. The molecule has 3 aromatic rings. The van der Waals surface area contributed by atoms with Crippen LogP contribution in [0.15, 0.2) is 58.0 Å². The SMILES string of the molecule is Cc1ccc(OCC(=O)NN=Cc2ccc(-c3cc(Cl)ccc3Cl)o2)cc1C. The molecule has 28 heavy (non-hydrogen) atoms. The summed E-state index contributed by atoms with van der Waals surface area (Å²) in [5.74, 6) is 1.27. The third kappa shape index (κ3) is 5.15. The molecule has 0 spiro atoms. The van der Waals surface area contributed by atoms with Gasteiger partial charge in [0.15, 0.2) is 6.61 Å². The highest BCUT2D eigenvalue weighted by atomic mass is 35.5. The van der Waals surface area contributed by atoms with Crippen molar-refractivity contribution in [1.82, 2.24) is 5.43 Å². The number of aryl methyl sites for hydroxylation is 2. The number of benzene rings is 2. The van der Waals surface area contributed by atoms with Crippen LogP contribution in [-0.2, 0) is 4.79 Å². The lowest BCUT2D eigenvalue weighted by atomic mass is 10.1. The van der Waals surface area contributed by atoms with Crippen molar-refractivity contribution in [3.05, 3.63) is 75.5 Å². The monoisotopic (exact) mass is 416 g/mol. The Bertz CT molecular complexity index is 1030. The van der Waals surface area contributed by atoms with E-state index in [0.29, 0.717) is 32.9 Å². The Morgan fingerprint density at radius 2 is 1.93 bits per heavy atom. The second-order valence-electron chi connectivity index (χ2n) is 6.15. The molecule has 2 aromatic carbocycles. The molecule has 0 saturated heterocycles. The highest BCUT2D eigenvalue weighted by Crippen LogP contribution is 2.31. The van der Waals surface area contributed by atoms with Crippen LogP contribution in [0.1, 0.15) is 16.9 Å². The molecule has 5 nitrogen and oxygen atoms in total. The van der Waals surface area contributed by atoms with Gasteiger partial charge < -0.3 is 9.15 Å². The molecule has 0 aliphatic carbocycles. The van der Waals surface area contributed by atoms with E-state index in [2.05, 4.69) is 10.5 Å². The van der Waals surface area contributed by atoms with Gasteiger partial charge in [0.05, 0.1) is 11.2 Å². The zero-order valence-electron chi connectivity index (χ0n) is 15.3. The third-order valence-corrected chi connectivity index (χ3v) is 4.61. The van der Waals surface area contributed by atoms with E-state index < -0.39 is 0 Å². The van der Waals surface area contributed by atoms with Crippen LogP contribution >= 0.6 is 23.2 Å². The van der Waals surface area contributed by atoms with Gasteiger partial charge in [0.1, 0.15) is 17.3 Å². The zero-order valence-corrected chi connectivity index (χ0v) is 16.8. The van der Waals surface area contributed by atoms with Crippen LogP contribution in [-0.4, -0.2) is 18.7 Å². The smallest absolute Gasteiger partial charge is 0.277 e. The normalized spacial score (nSPS) is 11.0. The summed E-state index contributed by atoms with van der Waals surface area (Å²) in [7, 11) is 0. The maximum Gasteiger partial charge on any atom is 0.277 e. The molecule has 3 rings (SSSR count). The molecule has 0 unspecified atom stereocenters. The molecule has 1 heterocycles. The summed E-state index contributed by atoms with van der Waals surface area (Å²) in [5, 5.41) is 4.96. The maximum atomic E-state index is 11.9. The van der Waals surface area contributed by atoms with Crippen molar-refractivity contribution in [2.24, 2.45) is 5.10 Å². The number of ether oxygens (including phenoxy) is 1. The molecule has 0 aliphatic heterocycles. The first-order valence-electron chi connectivity index (χ1n) is 8.49. The number of carbonyl (C=O) groups excluding carboxylic acids is 1. The molecule has 0 saturated carbocycles. The van der Waals surface area contributed by atoms with Gasteiger partial charge in [-0.1, -0.05) is 29.3 Å². The minimum atomic E-state index is -0.376. The van der Waals surface area contributed by atoms with E-state index in [4.69, 9.17) is 32.4 Å². The standard InChI is InChI=1S/C21H18Cl2N2O3/c1-13-3-5-16(9-14(13)2)27-12-21(26)25-24-11-17-6-8-20(28-17)18-10-15(22)4-7-19(18)23/h3-11H,12H2,1-2H3,(H,25,26). The average Bonchev–Trinajstić information content (AvgIpc) is 3.13. The van der Waals surface area contributed by atoms with Crippen LogP contribution in [0.5, 0.6) is 5.75 Å². The fourth-order valence-corrected chi connectivity index (χ4v) is 2.79. The predicted octanol–water partition coefficient (Wildman–Crippen LogP) is 5.40. The Kier molecular flexibility index (Phi) is 6.39. The highest BCUT2D eigenvalue weighted by Gasteiger charge is 2.09. The van der Waals surface area contributed by atoms with Crippen molar-refractivity contribution in [2.75, 3.05) is 6.61 Å². The van der Waals surface area contributed by atoms with E-state index in [9.17, 15) is 4.79 Å². The van der Waals surface area contributed by atoms with E-state index in [0.717, 1.165) is 5.56 Å². The number of furan rings is 1. The number of nitrogens with zero attached hydrogens (tertiary/aromatic N) is 1. The van der Waals surface area contributed by atoms with Gasteiger partial charge in [-0.3, -0.25) is 4.79 Å². The summed E-state index contributed by atoms with van der Waals surface area (Å²) in [4.78, 5) is 11.9. The number of hydrogen-bond acceptors (Lipinski definition) is 4. The molecule has 1 aromatic heterocycles. The number of rotatable bonds is 6. The average molecular weight is 417 g/mol. The van der Waals surface area contributed by atoms with Crippen LogP contribution in [0, 0.1) is 13.8 Å². The van der Waals surface area contributed by atoms with Crippen molar-refractivity contribution in [1.29, 1.82) is 0 Å². The molecule has 0 fully saturated rings. The first-order chi connectivity index (χ1) is 13.4. The molecule has 7 heteroatoms. The van der Waals surface area contributed by atoms with Gasteiger partial charge in [0.2, 0.25) is 0 Å². The molecule has 0 bridgehead atoms. The summed E-state index contributed by atoms with van der Waals surface area (Å²) >= 11 is 12.2. The van der Waals surface area contributed by atoms with Crippen molar-refractivity contribution >= 4 is 35.3 Å². The van der Waals surface area contributed by atoms with E-state index in [-0.39, 0.29) is 12.5 Å². The van der Waals surface area contributed by atoms with Crippen molar-refractivity contribution in [3.8, 4) is 17.1 Å². The second-order valence-corrected chi connectivity index (χ2v) is 7.00. The molecular weight excluding hydrogens is 399 g/mol. The lowest BCUT2D eigenvalue weighted by Gasteiger charge is -2.07. The lowest BCUT2D eigenvalue weighted by molar-refractivity contribution is -0.123. The van der Waals surface area contributed by atoms with Crippen molar-refractivity contribution < 1.29 is 13.9 Å². The van der Waals surface area contributed by atoms with Crippen molar-refractivity contribution in [3.63, 3.8) is 0 Å². The second kappa shape index (κ2) is 8.95. The molecule has 0 radical (unpaired) electrons. The van der Waals surface area contributed by atoms with Crippen LogP contribution in [0.4, 0.5) is 0 Å². The van der Waals surface area contributed by atoms with Crippen LogP contribution < -0.4 is 10.2 Å². The van der Waals surface area contributed by atoms with Gasteiger partial charge in [0, 0.05) is 10.6 Å². The topological polar surface area (TPSA) is 63.8 Å². The Balaban J connectivity index is 1.54. The van der Waals surface area contributed by atoms with E-state index in [1.807, 2.05) is 32.0 Å². The minimum absolute atomic E-state index is 0.138. The highest BCUT2D eigenvalue weighted by molar-refractivity contribution is 6.35. The van der Waals surface area contributed by atoms with E-state index >= 15 is 0 Å². The van der Waals surface area contributed by atoms with Gasteiger partial charge in [-0.15, -0.1) is 0 Å². The number of carbonyl (C=O) groups is 1. The zero-order chi connectivity index (χ0) is 20.1. The Hall–Kier alpha value is -2.76. The summed E-state index contributed by atoms with van der Waals surface area (Å²) in [6.07, 6.45) is 1.40. The van der Waals surface area contributed by atoms with Crippen LogP contribution in [0.2, 0.25) is 10.0 Å². The first kappa shape index (κ1) is 20.0. The number of halogens is 2. The van der Waals surface area contributed by atoms with Crippen molar-refractivity contribution in [2.45, 2.75) is 13.8 Å². The van der Waals surface area contributed by atoms with Gasteiger partial charge in [-0.05, 0) is 67.4 Å². The molecule has 1 N–H and O–H groups in total. The Morgan fingerprint density at radius 1 is 1.11 bits per heavy atom. The maximum absolute atomic E-state index is 11.9. The summed E-state index contributed by atoms with van der Waals surface area (Å²) in [6.45, 7) is 3.86. The van der Waals surface area contributed by atoms with Crippen LogP contribution in [0.25, 0.3) is 11.3 Å². The lowest BCUT2D eigenvalue weighted by Crippen LogP contribution is -2.24. The number of hydrazone groups is 1. The fourth-order valence-electron chi connectivity index (χ4n) is 2.41. The van der Waals surface area contributed by atoms with E-state index in [1.165, 1.54) is 11.8 Å². The predicted molar refractivity (Wildman–Crippen MR) is 111 cm³/mol. The molecular formula is C21H18Cl2N2O3.